The van der Waals surface area contributed by atoms with Gasteiger partial charge in [-0.3, -0.25) is 4.98 Å². The molecule has 0 bridgehead atoms. The summed E-state index contributed by atoms with van der Waals surface area (Å²) in [5.41, 5.74) is 3.48. The molecule has 0 amide bonds. The van der Waals surface area contributed by atoms with Gasteiger partial charge in [0.1, 0.15) is 5.01 Å². The van der Waals surface area contributed by atoms with Crippen LogP contribution >= 0.6 is 11.3 Å². The quantitative estimate of drug-likeness (QED) is 0.780. The average Bonchev–Trinajstić information content (AvgIpc) is 3.03. The van der Waals surface area contributed by atoms with Gasteiger partial charge in [0.05, 0.1) is 5.69 Å². The van der Waals surface area contributed by atoms with Gasteiger partial charge < -0.3 is 5.32 Å². The van der Waals surface area contributed by atoms with Crippen LogP contribution < -0.4 is 5.32 Å². The largest absolute Gasteiger partial charge is 0.313 e. The third-order valence-corrected chi connectivity index (χ3v) is 4.36. The number of nitrogens with one attached hydrogen (secondary N) is 1. The fraction of sp³-hybridized carbons (Fsp3) is 0.176. The summed E-state index contributed by atoms with van der Waals surface area (Å²) >= 11 is 1.67. The van der Waals surface area contributed by atoms with E-state index in [2.05, 4.69) is 39.9 Å². The number of rotatable bonds is 5. The third-order valence-electron chi connectivity index (χ3n) is 3.42. The zero-order valence-electron chi connectivity index (χ0n) is 11.9. The minimum Gasteiger partial charge on any atom is -0.313 e. The van der Waals surface area contributed by atoms with Crippen molar-refractivity contribution in [2.24, 2.45) is 0 Å². The van der Waals surface area contributed by atoms with Crippen LogP contribution in [0.5, 0.6) is 0 Å². The fourth-order valence-electron chi connectivity index (χ4n) is 2.30. The van der Waals surface area contributed by atoms with Crippen molar-refractivity contribution < 1.29 is 0 Å². The number of hydrogen-bond acceptors (Lipinski definition) is 4. The van der Waals surface area contributed by atoms with Gasteiger partial charge in [0.25, 0.3) is 0 Å². The molecule has 0 fully saturated rings. The number of nitrogens with zero attached hydrogens (tertiary/aromatic N) is 2. The van der Waals surface area contributed by atoms with Crippen LogP contribution in [0, 0.1) is 0 Å². The molecule has 0 aliphatic heterocycles. The average molecular weight is 295 g/mol. The maximum atomic E-state index is 4.73. The number of benzene rings is 1. The number of pyridine rings is 1. The molecule has 0 aliphatic carbocycles. The maximum absolute atomic E-state index is 4.73. The highest BCUT2D eigenvalue weighted by atomic mass is 32.1. The van der Waals surface area contributed by atoms with Crippen LogP contribution in [-0.4, -0.2) is 17.0 Å². The predicted molar refractivity (Wildman–Crippen MR) is 87.3 cm³/mol. The molecule has 1 unspecified atom stereocenters. The van der Waals surface area contributed by atoms with Crippen molar-refractivity contribution in [1.82, 2.24) is 15.3 Å². The summed E-state index contributed by atoms with van der Waals surface area (Å²) in [4.78, 5) is 8.88. The molecule has 2 heterocycles. The molecule has 1 aromatic carbocycles. The molecule has 3 nitrogen and oxygen atoms in total. The molecule has 0 aliphatic rings. The Balaban J connectivity index is 1.78. The number of thiazole rings is 1. The van der Waals surface area contributed by atoms with Gasteiger partial charge in [0.15, 0.2) is 0 Å². The molecule has 4 heteroatoms. The van der Waals surface area contributed by atoms with E-state index in [0.717, 1.165) is 22.7 Å². The highest BCUT2D eigenvalue weighted by molar-refractivity contribution is 7.13. The van der Waals surface area contributed by atoms with E-state index in [9.17, 15) is 0 Å². The Kier molecular flexibility index (Phi) is 4.38. The topological polar surface area (TPSA) is 37.8 Å². The second-order valence-corrected chi connectivity index (χ2v) is 5.70. The van der Waals surface area contributed by atoms with Crippen molar-refractivity contribution in [2.75, 3.05) is 7.05 Å². The van der Waals surface area contributed by atoms with E-state index in [1.807, 2.05) is 31.4 Å². The lowest BCUT2D eigenvalue weighted by Crippen LogP contribution is -2.18. The first-order chi connectivity index (χ1) is 10.4. The monoisotopic (exact) mass is 295 g/mol. The Morgan fingerprint density at radius 3 is 2.71 bits per heavy atom. The van der Waals surface area contributed by atoms with Gasteiger partial charge in [0, 0.05) is 35.8 Å². The van der Waals surface area contributed by atoms with Gasteiger partial charge in [-0.1, -0.05) is 30.3 Å². The van der Waals surface area contributed by atoms with Crippen molar-refractivity contribution in [1.29, 1.82) is 0 Å². The summed E-state index contributed by atoms with van der Waals surface area (Å²) in [7, 11) is 1.99. The van der Waals surface area contributed by atoms with E-state index in [4.69, 9.17) is 4.98 Å². The van der Waals surface area contributed by atoms with E-state index in [-0.39, 0.29) is 6.04 Å². The van der Waals surface area contributed by atoms with Crippen molar-refractivity contribution in [3.05, 3.63) is 71.5 Å². The van der Waals surface area contributed by atoms with Crippen LogP contribution in [0.4, 0.5) is 0 Å². The third kappa shape index (κ3) is 3.35. The van der Waals surface area contributed by atoms with Gasteiger partial charge in [-0.15, -0.1) is 11.3 Å². The Labute approximate surface area is 128 Å². The smallest absolute Gasteiger partial charge is 0.125 e. The van der Waals surface area contributed by atoms with Crippen LogP contribution in [0.25, 0.3) is 10.6 Å². The first-order valence-electron chi connectivity index (χ1n) is 6.94. The predicted octanol–water partition coefficient (Wildman–Crippen LogP) is 3.71. The van der Waals surface area contributed by atoms with Gasteiger partial charge in [0.2, 0.25) is 0 Å². The zero-order chi connectivity index (χ0) is 14.5. The van der Waals surface area contributed by atoms with E-state index in [1.165, 1.54) is 5.56 Å². The molecule has 106 valence electrons. The Bertz CT molecular complexity index is 680. The SMILES string of the molecule is CNC(Cc1csc(-c2cccnc2)n1)c1ccccc1. The summed E-state index contributed by atoms with van der Waals surface area (Å²) in [6.07, 6.45) is 4.52. The van der Waals surface area contributed by atoms with Crippen LogP contribution in [0.1, 0.15) is 17.3 Å². The Hall–Kier alpha value is -2.04. The minimum absolute atomic E-state index is 0.287. The number of aromatic nitrogens is 2. The second-order valence-electron chi connectivity index (χ2n) is 4.84. The maximum Gasteiger partial charge on any atom is 0.125 e. The summed E-state index contributed by atoms with van der Waals surface area (Å²) in [5, 5.41) is 6.53. The molecule has 1 atom stereocenters. The van der Waals surface area contributed by atoms with Gasteiger partial charge in [-0.05, 0) is 24.7 Å². The fourth-order valence-corrected chi connectivity index (χ4v) is 3.13. The van der Waals surface area contributed by atoms with Crippen molar-refractivity contribution in [2.45, 2.75) is 12.5 Å². The second kappa shape index (κ2) is 6.61. The van der Waals surface area contributed by atoms with Crippen LogP contribution in [0.2, 0.25) is 0 Å². The minimum atomic E-state index is 0.287. The normalized spacial score (nSPS) is 12.2. The van der Waals surface area contributed by atoms with Gasteiger partial charge >= 0.3 is 0 Å². The first kappa shape index (κ1) is 13.9. The lowest BCUT2D eigenvalue weighted by Gasteiger charge is -2.15. The van der Waals surface area contributed by atoms with E-state index < -0.39 is 0 Å². The summed E-state index contributed by atoms with van der Waals surface area (Å²) < 4.78 is 0. The first-order valence-corrected chi connectivity index (χ1v) is 7.82. The molecule has 0 spiro atoms. The van der Waals surface area contributed by atoms with E-state index in [1.54, 1.807) is 17.5 Å². The van der Waals surface area contributed by atoms with Crippen molar-refractivity contribution in [3.8, 4) is 10.6 Å². The summed E-state index contributed by atoms with van der Waals surface area (Å²) in [5.74, 6) is 0. The van der Waals surface area contributed by atoms with Crippen molar-refractivity contribution in [3.63, 3.8) is 0 Å². The molecule has 3 aromatic rings. The number of likely N-dealkylation sites (N-methyl/N-ethyl adjacent to an activating group) is 1. The molecule has 0 radical (unpaired) electrons. The van der Waals surface area contributed by atoms with Crippen LogP contribution in [-0.2, 0) is 6.42 Å². The molecule has 0 saturated heterocycles. The summed E-state index contributed by atoms with van der Waals surface area (Å²) in [6.45, 7) is 0. The summed E-state index contributed by atoms with van der Waals surface area (Å²) in [6, 6.07) is 14.8. The zero-order valence-corrected chi connectivity index (χ0v) is 12.7. The van der Waals surface area contributed by atoms with E-state index in [0.29, 0.717) is 0 Å². The van der Waals surface area contributed by atoms with Crippen LogP contribution in [0.3, 0.4) is 0 Å². The molecule has 0 saturated carbocycles. The number of hydrogen-bond donors (Lipinski definition) is 1. The lowest BCUT2D eigenvalue weighted by molar-refractivity contribution is 0.586. The lowest BCUT2D eigenvalue weighted by atomic mass is 10.0. The molecule has 21 heavy (non-hydrogen) atoms. The molecule has 3 rings (SSSR count). The Morgan fingerprint density at radius 1 is 1.14 bits per heavy atom. The molecular weight excluding hydrogens is 278 g/mol. The highest BCUT2D eigenvalue weighted by Crippen LogP contribution is 2.25. The molecule has 1 N–H and O–H groups in total. The van der Waals surface area contributed by atoms with Gasteiger partial charge in [-0.25, -0.2) is 4.98 Å². The van der Waals surface area contributed by atoms with Gasteiger partial charge in [-0.2, -0.15) is 0 Å². The van der Waals surface area contributed by atoms with E-state index >= 15 is 0 Å². The Morgan fingerprint density at radius 2 is 2.00 bits per heavy atom. The molecule has 2 aromatic heterocycles. The van der Waals surface area contributed by atoms with Crippen molar-refractivity contribution >= 4 is 11.3 Å². The molecular formula is C17H17N3S. The highest BCUT2D eigenvalue weighted by Gasteiger charge is 2.12. The van der Waals surface area contributed by atoms with Crippen LogP contribution in [0.15, 0.2) is 60.2 Å². The standard InChI is InChI=1S/C17H17N3S/c1-18-16(13-6-3-2-4-7-13)10-15-12-21-17(20-15)14-8-5-9-19-11-14/h2-9,11-12,16,18H,10H2,1H3.